The van der Waals surface area contributed by atoms with Gasteiger partial charge in [0.1, 0.15) is 5.75 Å². The number of likely N-dealkylation sites (tertiary alicyclic amines) is 1. The van der Waals surface area contributed by atoms with Crippen molar-refractivity contribution in [1.82, 2.24) is 15.5 Å². The van der Waals surface area contributed by atoms with Crippen LogP contribution in [0.4, 0.5) is 0 Å². The van der Waals surface area contributed by atoms with Crippen LogP contribution in [0.3, 0.4) is 0 Å². The number of phenols is 1. The molecule has 1 aliphatic heterocycles. The van der Waals surface area contributed by atoms with Crippen molar-refractivity contribution in [3.8, 4) is 5.75 Å². The highest BCUT2D eigenvalue weighted by Gasteiger charge is 2.08. The maximum atomic E-state index is 9.29. The lowest BCUT2D eigenvalue weighted by Crippen LogP contribution is -2.39. The first-order valence-corrected chi connectivity index (χ1v) is 9.73. The molecule has 26 heavy (non-hydrogen) atoms. The number of rotatable bonds is 8. The summed E-state index contributed by atoms with van der Waals surface area (Å²) in [4.78, 5) is 6.89. The average Bonchev–Trinajstić information content (AvgIpc) is 2.90. The normalized spacial score (nSPS) is 15.8. The molecule has 1 saturated heterocycles. The van der Waals surface area contributed by atoms with E-state index in [1.54, 1.807) is 12.1 Å². The van der Waals surface area contributed by atoms with Crippen molar-refractivity contribution >= 4 is 29.9 Å². The van der Waals surface area contributed by atoms with E-state index in [0.29, 0.717) is 5.75 Å². The highest BCUT2D eigenvalue weighted by molar-refractivity contribution is 14.0. The first kappa shape index (κ1) is 23.0. The van der Waals surface area contributed by atoms with Crippen LogP contribution in [0.25, 0.3) is 0 Å². The van der Waals surface area contributed by atoms with E-state index in [1.807, 2.05) is 19.2 Å². The fourth-order valence-corrected chi connectivity index (χ4v) is 3.25. The Hall–Kier alpha value is -1.02. The largest absolute Gasteiger partial charge is 0.508 e. The first-order chi connectivity index (χ1) is 12.3. The first-order valence-electron chi connectivity index (χ1n) is 9.73. The maximum absolute atomic E-state index is 9.29. The van der Waals surface area contributed by atoms with Crippen LogP contribution in [0, 0.1) is 0 Å². The minimum atomic E-state index is 0. The zero-order valence-corrected chi connectivity index (χ0v) is 18.4. The van der Waals surface area contributed by atoms with Gasteiger partial charge in [0, 0.05) is 20.1 Å². The van der Waals surface area contributed by atoms with Crippen LogP contribution < -0.4 is 10.6 Å². The fourth-order valence-electron chi connectivity index (χ4n) is 3.25. The van der Waals surface area contributed by atoms with Crippen molar-refractivity contribution in [2.45, 2.75) is 44.9 Å². The van der Waals surface area contributed by atoms with Gasteiger partial charge >= 0.3 is 0 Å². The van der Waals surface area contributed by atoms with Crippen LogP contribution in [-0.2, 0) is 6.42 Å². The van der Waals surface area contributed by atoms with Crippen LogP contribution in [0.1, 0.15) is 44.1 Å². The lowest BCUT2D eigenvalue weighted by Gasteiger charge is -2.20. The van der Waals surface area contributed by atoms with Gasteiger partial charge in [-0.25, -0.2) is 0 Å². The number of nitrogens with one attached hydrogen (secondary N) is 2. The molecule has 3 N–H and O–H groups in total. The number of guanidine groups is 1. The number of phenolic OH excluding ortho intramolecular Hbond substituents is 1. The SMILES string of the molecule is CN=C(NCCCc1ccc(O)cc1)NCCCN1CCCCCC1.I. The van der Waals surface area contributed by atoms with Gasteiger partial charge in [0.15, 0.2) is 5.96 Å². The number of halogens is 1. The molecule has 1 aliphatic rings. The van der Waals surface area contributed by atoms with Gasteiger partial charge in [0.25, 0.3) is 0 Å². The van der Waals surface area contributed by atoms with E-state index in [4.69, 9.17) is 0 Å². The number of benzene rings is 1. The highest BCUT2D eigenvalue weighted by atomic mass is 127. The number of nitrogens with zero attached hydrogens (tertiary/aromatic N) is 2. The van der Waals surface area contributed by atoms with Crippen molar-refractivity contribution in [2.24, 2.45) is 4.99 Å². The number of aliphatic imine (C=N–C) groups is 1. The van der Waals surface area contributed by atoms with E-state index in [2.05, 4.69) is 20.5 Å². The Morgan fingerprint density at radius 3 is 2.23 bits per heavy atom. The molecule has 1 fully saturated rings. The minimum absolute atomic E-state index is 0. The molecule has 0 aliphatic carbocycles. The van der Waals surface area contributed by atoms with Gasteiger partial charge in [-0.05, 0) is 69.4 Å². The van der Waals surface area contributed by atoms with Crippen LogP contribution in [0.5, 0.6) is 5.75 Å². The van der Waals surface area contributed by atoms with E-state index in [9.17, 15) is 5.11 Å². The Morgan fingerprint density at radius 1 is 1.00 bits per heavy atom. The summed E-state index contributed by atoms with van der Waals surface area (Å²) < 4.78 is 0. The second kappa shape index (κ2) is 14.1. The molecule has 1 aromatic rings. The third kappa shape index (κ3) is 9.62. The monoisotopic (exact) mass is 474 g/mol. The van der Waals surface area contributed by atoms with Crippen LogP contribution in [-0.4, -0.2) is 55.7 Å². The van der Waals surface area contributed by atoms with E-state index >= 15 is 0 Å². The quantitative estimate of drug-likeness (QED) is 0.234. The second-order valence-electron chi connectivity index (χ2n) is 6.81. The zero-order valence-electron chi connectivity index (χ0n) is 16.0. The standard InChI is InChI=1S/C20H34N4O.HI/c1-21-20(22-13-6-8-18-9-11-19(25)12-10-18)23-14-7-17-24-15-4-2-3-5-16-24;/h9-12,25H,2-8,13-17H2,1H3,(H2,21,22,23);1H. The van der Waals surface area contributed by atoms with E-state index < -0.39 is 0 Å². The Kier molecular flexibility index (Phi) is 12.5. The third-order valence-electron chi connectivity index (χ3n) is 4.74. The molecule has 0 radical (unpaired) electrons. The fraction of sp³-hybridized carbons (Fsp3) is 0.650. The van der Waals surface area contributed by atoms with Crippen molar-refractivity contribution < 1.29 is 5.11 Å². The Labute approximate surface area is 175 Å². The van der Waals surface area contributed by atoms with Gasteiger partial charge in [-0.2, -0.15) is 0 Å². The number of hydrogen-bond acceptors (Lipinski definition) is 3. The van der Waals surface area contributed by atoms with Crippen LogP contribution in [0.2, 0.25) is 0 Å². The number of aromatic hydroxyl groups is 1. The molecule has 0 amide bonds. The topological polar surface area (TPSA) is 59.9 Å². The predicted molar refractivity (Wildman–Crippen MR) is 121 cm³/mol. The van der Waals surface area contributed by atoms with Gasteiger partial charge in [0.2, 0.25) is 0 Å². The smallest absolute Gasteiger partial charge is 0.190 e. The molecule has 0 saturated carbocycles. The molecule has 0 unspecified atom stereocenters. The number of aryl methyl sites for hydroxylation is 1. The van der Waals surface area contributed by atoms with Gasteiger partial charge in [-0.1, -0.05) is 25.0 Å². The van der Waals surface area contributed by atoms with Gasteiger partial charge in [0.05, 0.1) is 0 Å². The highest BCUT2D eigenvalue weighted by Crippen LogP contribution is 2.11. The molecule has 0 spiro atoms. The molecule has 0 aromatic heterocycles. The molecule has 148 valence electrons. The summed E-state index contributed by atoms with van der Waals surface area (Å²) in [5.74, 6) is 1.22. The molecular weight excluding hydrogens is 439 g/mol. The predicted octanol–water partition coefficient (Wildman–Crippen LogP) is 3.37. The average molecular weight is 474 g/mol. The summed E-state index contributed by atoms with van der Waals surface area (Å²) in [7, 11) is 1.82. The van der Waals surface area contributed by atoms with Crippen LogP contribution >= 0.6 is 24.0 Å². The zero-order chi connectivity index (χ0) is 17.7. The second-order valence-corrected chi connectivity index (χ2v) is 6.81. The molecule has 0 bridgehead atoms. The Morgan fingerprint density at radius 2 is 1.62 bits per heavy atom. The summed E-state index contributed by atoms with van der Waals surface area (Å²) in [6.07, 6.45) is 8.72. The molecule has 2 rings (SSSR count). The summed E-state index contributed by atoms with van der Waals surface area (Å²) in [6.45, 7) is 5.58. The molecular formula is C20H35IN4O. The molecule has 6 heteroatoms. The van der Waals surface area contributed by atoms with Gasteiger partial charge in [-0.3, -0.25) is 4.99 Å². The number of hydrogen-bond donors (Lipinski definition) is 3. The van der Waals surface area contributed by atoms with Crippen LogP contribution in [0.15, 0.2) is 29.3 Å². The van der Waals surface area contributed by atoms with Crippen molar-refractivity contribution in [1.29, 1.82) is 0 Å². The molecule has 5 nitrogen and oxygen atoms in total. The molecule has 0 atom stereocenters. The Bertz CT molecular complexity index is 499. The van der Waals surface area contributed by atoms with E-state index in [-0.39, 0.29) is 24.0 Å². The van der Waals surface area contributed by atoms with E-state index in [1.165, 1.54) is 50.9 Å². The van der Waals surface area contributed by atoms with Crippen molar-refractivity contribution in [2.75, 3.05) is 39.8 Å². The summed E-state index contributed by atoms with van der Waals surface area (Å²) in [5, 5.41) is 16.1. The third-order valence-corrected chi connectivity index (χ3v) is 4.74. The van der Waals surface area contributed by atoms with Gasteiger partial charge < -0.3 is 20.6 Å². The summed E-state index contributed by atoms with van der Waals surface area (Å²) in [5.41, 5.74) is 1.25. The molecule has 1 heterocycles. The molecule has 1 aromatic carbocycles. The van der Waals surface area contributed by atoms with Crippen molar-refractivity contribution in [3.05, 3.63) is 29.8 Å². The minimum Gasteiger partial charge on any atom is -0.508 e. The lowest BCUT2D eigenvalue weighted by atomic mass is 10.1. The summed E-state index contributed by atoms with van der Waals surface area (Å²) >= 11 is 0. The summed E-state index contributed by atoms with van der Waals surface area (Å²) in [6, 6.07) is 7.44. The maximum Gasteiger partial charge on any atom is 0.190 e. The van der Waals surface area contributed by atoms with Gasteiger partial charge in [-0.15, -0.1) is 24.0 Å². The Balaban J connectivity index is 0.00000338. The lowest BCUT2D eigenvalue weighted by molar-refractivity contribution is 0.282. The van der Waals surface area contributed by atoms with Crippen molar-refractivity contribution in [3.63, 3.8) is 0 Å². The van der Waals surface area contributed by atoms with E-state index in [0.717, 1.165) is 38.3 Å².